The van der Waals surface area contributed by atoms with Crippen molar-refractivity contribution in [3.05, 3.63) is 164 Å². The lowest BCUT2D eigenvalue weighted by Crippen LogP contribution is -1.94. The number of nitrogens with zero attached hydrogens (tertiary/aromatic N) is 3. The fourth-order valence-corrected chi connectivity index (χ4v) is 7.98. The maximum absolute atomic E-state index is 6.42. The highest BCUT2D eigenvalue weighted by Gasteiger charge is 2.19. The molecular formula is C44H27N3O. The number of hydrogen-bond acceptors (Lipinski definition) is 1. The van der Waals surface area contributed by atoms with Gasteiger partial charge < -0.3 is 18.1 Å². The molecule has 4 heterocycles. The van der Waals surface area contributed by atoms with Crippen molar-refractivity contribution in [1.82, 2.24) is 13.7 Å². The average Bonchev–Trinajstić information content (AvgIpc) is 3.89. The van der Waals surface area contributed by atoms with Gasteiger partial charge in [-0.15, -0.1) is 0 Å². The molecule has 0 amide bonds. The Bertz CT molecular complexity index is 2970. The Labute approximate surface area is 274 Å². The topological polar surface area (TPSA) is 27.9 Å². The predicted octanol–water partition coefficient (Wildman–Crippen LogP) is 11.7. The van der Waals surface area contributed by atoms with Crippen LogP contribution in [-0.4, -0.2) is 13.7 Å². The minimum atomic E-state index is 0.882. The molecule has 224 valence electrons. The van der Waals surface area contributed by atoms with Gasteiger partial charge in [-0.3, -0.25) is 0 Å². The monoisotopic (exact) mass is 613 g/mol. The van der Waals surface area contributed by atoms with Crippen molar-refractivity contribution in [1.29, 1.82) is 0 Å². The SMILES string of the molecule is c1ccc2c(c1)c(-n1c3ccccc3c3ccccc31)cn2-c1ccc2oc3ccc(-n4c5ccccc5c5ccccc54)cc3c2c1. The van der Waals surface area contributed by atoms with Gasteiger partial charge in [0.1, 0.15) is 11.2 Å². The van der Waals surface area contributed by atoms with E-state index in [1.54, 1.807) is 0 Å². The van der Waals surface area contributed by atoms with E-state index in [1.807, 2.05) is 0 Å². The van der Waals surface area contributed by atoms with Crippen LogP contribution in [0.3, 0.4) is 0 Å². The lowest BCUT2D eigenvalue weighted by atomic mass is 10.1. The minimum absolute atomic E-state index is 0.882. The van der Waals surface area contributed by atoms with Crippen molar-refractivity contribution in [2.45, 2.75) is 0 Å². The van der Waals surface area contributed by atoms with E-state index in [-0.39, 0.29) is 0 Å². The van der Waals surface area contributed by atoms with E-state index in [9.17, 15) is 0 Å². The molecule has 4 heteroatoms. The number of para-hydroxylation sites is 5. The van der Waals surface area contributed by atoms with Crippen LogP contribution in [0.4, 0.5) is 0 Å². The molecule has 7 aromatic carbocycles. The van der Waals surface area contributed by atoms with Crippen molar-refractivity contribution in [3.8, 4) is 17.1 Å². The number of benzene rings is 7. The Balaban J connectivity index is 1.14. The lowest BCUT2D eigenvalue weighted by molar-refractivity contribution is 0.669. The Hall–Kier alpha value is -6.52. The van der Waals surface area contributed by atoms with E-state index < -0.39 is 0 Å². The van der Waals surface area contributed by atoms with Crippen molar-refractivity contribution in [3.63, 3.8) is 0 Å². The van der Waals surface area contributed by atoms with Crippen LogP contribution >= 0.6 is 0 Å². The van der Waals surface area contributed by atoms with Gasteiger partial charge in [-0.2, -0.15) is 0 Å². The Morgan fingerprint density at radius 1 is 0.333 bits per heavy atom. The first kappa shape index (κ1) is 25.6. The Kier molecular flexibility index (Phi) is 5.08. The van der Waals surface area contributed by atoms with Gasteiger partial charge in [0.15, 0.2) is 0 Å². The standard InChI is InChI=1S/C44H27N3O/c1-7-17-38-30(11-1)31-12-2-8-18-39(31)46(38)29-22-24-44-36(26-29)35-25-28(21-23-43(35)48-44)45-27-42(34-15-5-6-16-37(34)45)47-40-19-9-3-13-32(40)33-14-4-10-20-41(33)47/h1-27H. The van der Waals surface area contributed by atoms with E-state index >= 15 is 0 Å². The smallest absolute Gasteiger partial charge is 0.135 e. The molecule has 0 saturated heterocycles. The van der Waals surface area contributed by atoms with Crippen molar-refractivity contribution >= 4 is 76.5 Å². The molecule has 0 N–H and O–H groups in total. The van der Waals surface area contributed by atoms with Crippen LogP contribution in [0, 0.1) is 0 Å². The molecule has 0 atom stereocenters. The maximum atomic E-state index is 6.42. The van der Waals surface area contributed by atoms with Gasteiger partial charge in [0.2, 0.25) is 0 Å². The zero-order chi connectivity index (χ0) is 31.3. The summed E-state index contributed by atoms with van der Waals surface area (Å²) < 4.78 is 13.5. The summed E-state index contributed by atoms with van der Waals surface area (Å²) in [7, 11) is 0. The summed E-state index contributed by atoms with van der Waals surface area (Å²) in [6, 6.07) is 56.5. The molecular weight excluding hydrogens is 587 g/mol. The van der Waals surface area contributed by atoms with Gasteiger partial charge in [0, 0.05) is 55.3 Å². The molecule has 48 heavy (non-hydrogen) atoms. The Morgan fingerprint density at radius 2 is 0.750 bits per heavy atom. The van der Waals surface area contributed by atoms with E-state index in [4.69, 9.17) is 4.42 Å². The summed E-state index contributed by atoms with van der Waals surface area (Å²) in [4.78, 5) is 0. The third-order valence-electron chi connectivity index (χ3n) is 10.1. The molecule has 0 aliphatic rings. The molecule has 4 nitrogen and oxygen atoms in total. The van der Waals surface area contributed by atoms with Gasteiger partial charge in [0.25, 0.3) is 0 Å². The van der Waals surface area contributed by atoms with Crippen LogP contribution in [0.15, 0.2) is 168 Å². The fourth-order valence-electron chi connectivity index (χ4n) is 7.98. The summed E-state index contributed by atoms with van der Waals surface area (Å²) in [5.41, 5.74) is 11.1. The number of hydrogen-bond donors (Lipinski definition) is 0. The molecule has 4 aromatic heterocycles. The normalized spacial score (nSPS) is 12.2. The largest absolute Gasteiger partial charge is 0.456 e. The third kappa shape index (κ3) is 3.43. The highest BCUT2D eigenvalue weighted by atomic mass is 16.3. The predicted molar refractivity (Wildman–Crippen MR) is 199 cm³/mol. The Morgan fingerprint density at radius 3 is 1.29 bits per heavy atom. The average molecular weight is 614 g/mol. The van der Waals surface area contributed by atoms with Gasteiger partial charge in [0.05, 0.1) is 33.3 Å². The first-order chi connectivity index (χ1) is 23.8. The highest BCUT2D eigenvalue weighted by Crippen LogP contribution is 2.39. The van der Waals surface area contributed by atoms with Gasteiger partial charge >= 0.3 is 0 Å². The molecule has 0 spiro atoms. The van der Waals surface area contributed by atoms with Crippen LogP contribution in [0.2, 0.25) is 0 Å². The molecule has 0 aliphatic heterocycles. The second kappa shape index (κ2) is 9.50. The molecule has 0 fully saturated rings. The van der Waals surface area contributed by atoms with Crippen LogP contribution in [0.1, 0.15) is 0 Å². The maximum Gasteiger partial charge on any atom is 0.135 e. The minimum Gasteiger partial charge on any atom is -0.456 e. The molecule has 11 aromatic rings. The number of fused-ring (bicyclic) bond motifs is 10. The zero-order valence-electron chi connectivity index (χ0n) is 25.8. The fraction of sp³-hybridized carbons (Fsp3) is 0. The second-order valence-electron chi connectivity index (χ2n) is 12.6. The van der Waals surface area contributed by atoms with Crippen LogP contribution in [0.25, 0.3) is 93.5 Å². The van der Waals surface area contributed by atoms with Gasteiger partial charge in [-0.05, 0) is 66.7 Å². The summed E-state index contributed by atoms with van der Waals surface area (Å²) >= 11 is 0. The molecule has 0 unspecified atom stereocenters. The third-order valence-corrected chi connectivity index (χ3v) is 10.1. The van der Waals surface area contributed by atoms with Crippen LogP contribution in [-0.2, 0) is 0 Å². The van der Waals surface area contributed by atoms with Gasteiger partial charge in [-0.1, -0.05) is 91.0 Å². The lowest BCUT2D eigenvalue weighted by Gasteiger charge is -2.08. The molecule has 0 saturated carbocycles. The summed E-state index contributed by atoms with van der Waals surface area (Å²) in [5.74, 6) is 0. The zero-order valence-corrected chi connectivity index (χ0v) is 25.8. The van der Waals surface area contributed by atoms with Crippen molar-refractivity contribution in [2.24, 2.45) is 0 Å². The highest BCUT2D eigenvalue weighted by molar-refractivity contribution is 6.12. The van der Waals surface area contributed by atoms with E-state index in [1.165, 1.54) is 49.0 Å². The molecule has 0 radical (unpaired) electrons. The van der Waals surface area contributed by atoms with E-state index in [2.05, 4.69) is 178 Å². The molecule has 0 bridgehead atoms. The summed E-state index contributed by atoms with van der Waals surface area (Å²) in [5, 5.41) is 8.43. The van der Waals surface area contributed by atoms with Gasteiger partial charge in [-0.25, -0.2) is 0 Å². The van der Waals surface area contributed by atoms with Crippen LogP contribution < -0.4 is 0 Å². The number of rotatable bonds is 3. The van der Waals surface area contributed by atoms with E-state index in [0.29, 0.717) is 0 Å². The van der Waals surface area contributed by atoms with Crippen LogP contribution in [0.5, 0.6) is 0 Å². The number of aromatic nitrogens is 3. The first-order valence-corrected chi connectivity index (χ1v) is 16.4. The molecule has 11 rings (SSSR count). The second-order valence-corrected chi connectivity index (χ2v) is 12.6. The van der Waals surface area contributed by atoms with E-state index in [0.717, 1.165) is 44.5 Å². The van der Waals surface area contributed by atoms with Crippen molar-refractivity contribution < 1.29 is 4.42 Å². The quantitative estimate of drug-likeness (QED) is 0.195. The molecule has 0 aliphatic carbocycles. The number of furan rings is 1. The van der Waals surface area contributed by atoms with Crippen molar-refractivity contribution in [2.75, 3.05) is 0 Å². The summed E-state index contributed by atoms with van der Waals surface area (Å²) in [6.07, 6.45) is 2.29. The summed E-state index contributed by atoms with van der Waals surface area (Å²) in [6.45, 7) is 0. The first-order valence-electron chi connectivity index (χ1n) is 16.4.